The van der Waals surface area contributed by atoms with Crippen LogP contribution >= 0.6 is 11.3 Å². The van der Waals surface area contributed by atoms with Crippen LogP contribution < -0.4 is 15.1 Å². The number of hydrogen-bond acceptors (Lipinski definition) is 8. The van der Waals surface area contributed by atoms with Gasteiger partial charge in [-0.15, -0.1) is 10.2 Å². The van der Waals surface area contributed by atoms with Crippen molar-refractivity contribution < 1.29 is 19.1 Å². The predicted molar refractivity (Wildman–Crippen MR) is 120 cm³/mol. The first-order chi connectivity index (χ1) is 15.5. The second-order valence-electron chi connectivity index (χ2n) is 7.41. The van der Waals surface area contributed by atoms with E-state index < -0.39 is 11.9 Å². The van der Waals surface area contributed by atoms with Crippen molar-refractivity contribution in [2.45, 2.75) is 25.8 Å². The molecule has 1 atom stereocenters. The number of rotatable bonds is 5. The molecule has 0 saturated heterocycles. The third-order valence-electron chi connectivity index (χ3n) is 5.42. The number of aromatic hydroxyl groups is 1. The van der Waals surface area contributed by atoms with E-state index in [0.29, 0.717) is 21.7 Å². The van der Waals surface area contributed by atoms with Crippen molar-refractivity contribution in [1.82, 2.24) is 10.2 Å². The van der Waals surface area contributed by atoms with Gasteiger partial charge in [-0.05, 0) is 36.2 Å². The van der Waals surface area contributed by atoms with Gasteiger partial charge >= 0.3 is 0 Å². The fourth-order valence-corrected chi connectivity index (χ4v) is 4.92. The summed E-state index contributed by atoms with van der Waals surface area (Å²) in [6.45, 7) is 2.04. The standard InChI is InChI=1S/C23H19N3O5S/c1-3-6-17-24-25-23(32-17)26-19(12-9-10-14(27)16(11-12)30-2)18-20(28)13-7-4-5-8-15(13)31-21(18)22(26)29/h4-5,7-11,19,27H,3,6H2,1-2H3/t19-/m0/s1. The molecule has 0 saturated carbocycles. The van der Waals surface area contributed by atoms with Gasteiger partial charge in [0.25, 0.3) is 5.91 Å². The fraction of sp³-hybridized carbons (Fsp3) is 0.217. The molecule has 0 bridgehead atoms. The number of hydrogen-bond donors (Lipinski definition) is 1. The van der Waals surface area contributed by atoms with Crippen LogP contribution in [0, 0.1) is 0 Å². The van der Waals surface area contributed by atoms with Crippen molar-refractivity contribution in [3.8, 4) is 11.5 Å². The van der Waals surface area contributed by atoms with Crippen molar-refractivity contribution in [2.75, 3.05) is 12.0 Å². The first kappa shape index (κ1) is 20.2. The maximum Gasteiger partial charge on any atom is 0.297 e. The molecule has 2 aromatic carbocycles. The molecule has 9 heteroatoms. The Bertz CT molecular complexity index is 1410. The van der Waals surface area contributed by atoms with Crippen molar-refractivity contribution in [2.24, 2.45) is 0 Å². The summed E-state index contributed by atoms with van der Waals surface area (Å²) in [4.78, 5) is 28.5. The maximum absolute atomic E-state index is 13.5. The van der Waals surface area contributed by atoms with Crippen LogP contribution in [0.15, 0.2) is 51.7 Å². The minimum absolute atomic E-state index is 0.0158. The zero-order valence-electron chi connectivity index (χ0n) is 17.4. The lowest BCUT2D eigenvalue weighted by atomic mass is 9.98. The topological polar surface area (TPSA) is 106 Å². The van der Waals surface area contributed by atoms with Crippen LogP contribution in [0.4, 0.5) is 5.13 Å². The first-order valence-corrected chi connectivity index (χ1v) is 10.9. The highest BCUT2D eigenvalue weighted by molar-refractivity contribution is 7.15. The van der Waals surface area contributed by atoms with E-state index in [2.05, 4.69) is 10.2 Å². The van der Waals surface area contributed by atoms with Gasteiger partial charge in [0.2, 0.25) is 10.9 Å². The Hall–Kier alpha value is -3.72. The van der Waals surface area contributed by atoms with E-state index in [-0.39, 0.29) is 28.3 Å². The highest BCUT2D eigenvalue weighted by Gasteiger charge is 2.45. The van der Waals surface area contributed by atoms with Crippen molar-refractivity contribution in [3.63, 3.8) is 0 Å². The van der Waals surface area contributed by atoms with Crippen LogP contribution in [0.25, 0.3) is 11.0 Å². The number of carbonyl (C=O) groups is 1. The Kier molecular flexibility index (Phi) is 4.90. The molecule has 0 aliphatic carbocycles. The maximum atomic E-state index is 13.5. The number of aromatic nitrogens is 2. The summed E-state index contributed by atoms with van der Waals surface area (Å²) in [6.07, 6.45) is 1.64. The molecule has 4 aromatic rings. The summed E-state index contributed by atoms with van der Waals surface area (Å²) >= 11 is 1.31. The zero-order valence-corrected chi connectivity index (χ0v) is 18.2. The van der Waals surface area contributed by atoms with Crippen LogP contribution in [0.3, 0.4) is 0 Å². The molecular weight excluding hydrogens is 430 g/mol. The summed E-state index contributed by atoms with van der Waals surface area (Å²) in [5.74, 6) is -0.284. The molecule has 0 spiro atoms. The zero-order chi connectivity index (χ0) is 22.4. The molecule has 1 aliphatic rings. The van der Waals surface area contributed by atoms with Gasteiger partial charge in [-0.2, -0.15) is 0 Å². The average Bonchev–Trinajstić information content (AvgIpc) is 3.37. The number of phenolic OH excluding ortho intramolecular Hbond substituents is 1. The third-order valence-corrected chi connectivity index (χ3v) is 6.41. The Morgan fingerprint density at radius 3 is 2.78 bits per heavy atom. The molecule has 8 nitrogen and oxygen atoms in total. The summed E-state index contributed by atoms with van der Waals surface area (Å²) in [7, 11) is 1.44. The number of methoxy groups -OCH3 is 1. The predicted octanol–water partition coefficient (Wildman–Crippen LogP) is 4.06. The quantitative estimate of drug-likeness (QED) is 0.490. The largest absolute Gasteiger partial charge is 0.504 e. The lowest BCUT2D eigenvalue weighted by Crippen LogP contribution is -2.29. The van der Waals surface area contributed by atoms with Gasteiger partial charge in [-0.25, -0.2) is 0 Å². The van der Waals surface area contributed by atoms with Crippen LogP contribution in [-0.2, 0) is 6.42 Å². The molecular formula is C23H19N3O5S. The minimum Gasteiger partial charge on any atom is -0.504 e. The van der Waals surface area contributed by atoms with Gasteiger partial charge in [-0.3, -0.25) is 14.5 Å². The number of fused-ring (bicyclic) bond motifs is 2. The molecule has 0 unspecified atom stereocenters. The summed E-state index contributed by atoms with van der Waals surface area (Å²) < 4.78 is 11.2. The first-order valence-electron chi connectivity index (χ1n) is 10.1. The number of nitrogens with zero attached hydrogens (tertiary/aromatic N) is 3. The highest BCUT2D eigenvalue weighted by atomic mass is 32.1. The molecule has 1 amide bonds. The van der Waals surface area contributed by atoms with Gasteiger partial charge in [-0.1, -0.05) is 36.5 Å². The Morgan fingerprint density at radius 2 is 2.00 bits per heavy atom. The van der Waals surface area contributed by atoms with Gasteiger partial charge in [0.1, 0.15) is 10.6 Å². The number of benzene rings is 2. The molecule has 5 rings (SSSR count). The number of ether oxygens (including phenoxy) is 1. The molecule has 32 heavy (non-hydrogen) atoms. The molecule has 1 N–H and O–H groups in total. The van der Waals surface area contributed by atoms with Gasteiger partial charge < -0.3 is 14.3 Å². The second kappa shape index (κ2) is 7.76. The summed E-state index contributed by atoms with van der Waals surface area (Å²) in [5, 5.41) is 20.1. The Labute approximate surface area is 186 Å². The average molecular weight is 449 g/mol. The Morgan fingerprint density at radius 1 is 1.19 bits per heavy atom. The van der Waals surface area contributed by atoms with E-state index >= 15 is 0 Å². The number of carbonyl (C=O) groups excluding carboxylic acids is 1. The second-order valence-corrected chi connectivity index (χ2v) is 8.45. The normalized spacial score (nSPS) is 15.4. The van der Waals surface area contributed by atoms with E-state index in [1.807, 2.05) is 6.92 Å². The summed E-state index contributed by atoms with van der Waals surface area (Å²) in [5.41, 5.74) is 0.876. The third kappa shape index (κ3) is 3.04. The van der Waals surface area contributed by atoms with E-state index in [9.17, 15) is 14.7 Å². The van der Waals surface area contributed by atoms with Crippen molar-refractivity contribution in [3.05, 3.63) is 74.6 Å². The molecule has 3 heterocycles. The highest BCUT2D eigenvalue weighted by Crippen LogP contribution is 2.43. The van der Waals surface area contributed by atoms with Crippen LogP contribution in [0.2, 0.25) is 0 Å². The van der Waals surface area contributed by atoms with Crippen LogP contribution in [0.5, 0.6) is 11.5 Å². The van der Waals surface area contributed by atoms with Crippen LogP contribution in [-0.4, -0.2) is 28.3 Å². The molecule has 2 aromatic heterocycles. The monoisotopic (exact) mass is 449 g/mol. The number of amides is 1. The minimum atomic E-state index is -0.796. The van der Waals surface area contributed by atoms with Crippen molar-refractivity contribution >= 4 is 33.3 Å². The van der Waals surface area contributed by atoms with E-state index in [1.165, 1.54) is 29.4 Å². The summed E-state index contributed by atoms with van der Waals surface area (Å²) in [6, 6.07) is 10.8. The van der Waals surface area contributed by atoms with Gasteiger partial charge in [0.05, 0.1) is 24.1 Å². The lowest BCUT2D eigenvalue weighted by Gasteiger charge is -2.22. The van der Waals surface area contributed by atoms with E-state index in [0.717, 1.165) is 17.8 Å². The smallest absolute Gasteiger partial charge is 0.297 e. The number of phenols is 1. The number of aryl methyl sites for hydroxylation is 1. The Balaban J connectivity index is 1.77. The van der Waals surface area contributed by atoms with Crippen molar-refractivity contribution in [1.29, 1.82) is 0 Å². The lowest BCUT2D eigenvalue weighted by molar-refractivity contribution is 0.0970. The van der Waals surface area contributed by atoms with Crippen LogP contribution in [0.1, 0.15) is 46.1 Å². The number of para-hydroxylation sites is 1. The van der Waals surface area contributed by atoms with Gasteiger partial charge in [0, 0.05) is 6.42 Å². The molecule has 0 fully saturated rings. The van der Waals surface area contributed by atoms with E-state index in [1.54, 1.807) is 36.4 Å². The van der Waals surface area contributed by atoms with Gasteiger partial charge in [0.15, 0.2) is 16.9 Å². The molecule has 0 radical (unpaired) electrons. The molecule has 1 aliphatic heterocycles. The van der Waals surface area contributed by atoms with E-state index in [4.69, 9.17) is 9.15 Å². The molecule has 162 valence electrons. The SMILES string of the molecule is CCCc1nnc(N2C(=O)c3oc4ccccc4c(=O)c3[C@@H]2c2ccc(O)c(OC)c2)s1. The number of anilines is 1. The fourth-order valence-electron chi connectivity index (χ4n) is 3.95.